The van der Waals surface area contributed by atoms with Gasteiger partial charge in [-0.05, 0) is 42.7 Å². The average molecular weight is 395 g/mol. The summed E-state index contributed by atoms with van der Waals surface area (Å²) in [7, 11) is 0. The molecular formula is C21H22N4S2. The van der Waals surface area contributed by atoms with Crippen LogP contribution in [0.25, 0.3) is 10.2 Å². The Morgan fingerprint density at radius 3 is 3.19 bits per heavy atom. The first-order valence-corrected chi connectivity index (χ1v) is 11.1. The van der Waals surface area contributed by atoms with E-state index in [1.165, 1.54) is 21.5 Å². The van der Waals surface area contributed by atoms with Crippen LogP contribution in [0, 0.1) is 0 Å². The van der Waals surface area contributed by atoms with E-state index in [0.717, 1.165) is 31.4 Å². The van der Waals surface area contributed by atoms with Gasteiger partial charge in [0.2, 0.25) is 0 Å². The highest BCUT2D eigenvalue weighted by Gasteiger charge is 2.31. The van der Waals surface area contributed by atoms with Crippen LogP contribution in [0.1, 0.15) is 30.5 Å². The summed E-state index contributed by atoms with van der Waals surface area (Å²) in [5.74, 6) is 0. The average Bonchev–Trinajstić information content (AvgIpc) is 3.33. The quantitative estimate of drug-likeness (QED) is 0.702. The maximum absolute atomic E-state index is 4.48. The largest absolute Gasteiger partial charge is 0.374 e. The fourth-order valence-corrected chi connectivity index (χ4v) is 5.87. The first-order valence-electron chi connectivity index (χ1n) is 9.37. The summed E-state index contributed by atoms with van der Waals surface area (Å²) in [6, 6.07) is 11.3. The van der Waals surface area contributed by atoms with Gasteiger partial charge in [0.05, 0.1) is 21.1 Å². The molecule has 0 radical (unpaired) electrons. The number of fused-ring (bicyclic) bond motifs is 1. The molecule has 138 valence electrons. The van der Waals surface area contributed by atoms with Crippen molar-refractivity contribution in [3.05, 3.63) is 70.0 Å². The number of benzene rings is 1. The number of nitrogens with one attached hydrogen (secondary N) is 1. The van der Waals surface area contributed by atoms with Crippen molar-refractivity contribution in [1.82, 2.24) is 20.2 Å². The van der Waals surface area contributed by atoms with Gasteiger partial charge in [-0.3, -0.25) is 9.88 Å². The minimum Gasteiger partial charge on any atom is -0.374 e. The van der Waals surface area contributed by atoms with Gasteiger partial charge in [0, 0.05) is 48.5 Å². The molecular weight excluding hydrogens is 372 g/mol. The fourth-order valence-electron chi connectivity index (χ4n) is 3.92. The third-order valence-electron chi connectivity index (χ3n) is 5.47. The number of aromatic nitrogens is 2. The van der Waals surface area contributed by atoms with E-state index in [1.54, 1.807) is 16.2 Å². The van der Waals surface area contributed by atoms with E-state index in [4.69, 9.17) is 0 Å². The second-order valence-corrected chi connectivity index (χ2v) is 9.38. The first kappa shape index (κ1) is 17.2. The van der Waals surface area contributed by atoms with Crippen LogP contribution in [0.15, 0.2) is 58.8 Å². The number of thiazole rings is 1. The second kappa shape index (κ2) is 7.26. The van der Waals surface area contributed by atoms with Gasteiger partial charge in [0.1, 0.15) is 0 Å². The molecule has 2 aromatic heterocycles. The number of thioether (sulfide) groups is 1. The summed E-state index contributed by atoms with van der Waals surface area (Å²) in [6.45, 7) is 4.43. The molecule has 1 N–H and O–H groups in total. The third kappa shape index (κ3) is 3.49. The molecule has 0 bridgehead atoms. The molecule has 0 saturated carbocycles. The lowest BCUT2D eigenvalue weighted by Crippen LogP contribution is -2.36. The molecule has 4 nitrogen and oxygen atoms in total. The molecule has 27 heavy (non-hydrogen) atoms. The first-order chi connectivity index (χ1) is 13.3. The standard InChI is InChI=1S/C21H22N4S2/c1-14(16-4-5-19-17(10-16)23-13-26-19)25-8-6-20-18(12-25)24-21(27-20)9-15-3-2-7-22-11-15/h2-5,7,10-11,13-14,21,24H,6,8-9,12H2,1H3. The summed E-state index contributed by atoms with van der Waals surface area (Å²) < 4.78 is 1.27. The minimum absolute atomic E-state index is 0.398. The zero-order valence-electron chi connectivity index (χ0n) is 15.3. The highest BCUT2D eigenvalue weighted by Crippen LogP contribution is 2.39. The van der Waals surface area contributed by atoms with Crippen LogP contribution >= 0.6 is 23.1 Å². The lowest BCUT2D eigenvalue weighted by atomic mass is 10.0. The van der Waals surface area contributed by atoms with Gasteiger partial charge in [-0.15, -0.1) is 23.1 Å². The Hall–Kier alpha value is -1.89. The van der Waals surface area contributed by atoms with E-state index in [1.807, 2.05) is 35.7 Å². The molecule has 0 aliphatic carbocycles. The highest BCUT2D eigenvalue weighted by atomic mass is 32.2. The molecule has 6 heteroatoms. The molecule has 2 atom stereocenters. The summed E-state index contributed by atoms with van der Waals surface area (Å²) in [6.07, 6.45) is 5.97. The van der Waals surface area contributed by atoms with Crippen LogP contribution in [0.3, 0.4) is 0 Å². The Morgan fingerprint density at radius 1 is 1.33 bits per heavy atom. The van der Waals surface area contributed by atoms with Gasteiger partial charge in [0.15, 0.2) is 0 Å². The van der Waals surface area contributed by atoms with Gasteiger partial charge >= 0.3 is 0 Å². The number of pyridine rings is 1. The van der Waals surface area contributed by atoms with Gasteiger partial charge in [-0.1, -0.05) is 12.1 Å². The molecule has 0 fully saturated rings. The summed E-state index contributed by atoms with van der Waals surface area (Å²) in [5.41, 5.74) is 7.12. The van der Waals surface area contributed by atoms with Crippen molar-refractivity contribution in [2.45, 2.75) is 31.2 Å². The van der Waals surface area contributed by atoms with Crippen LogP contribution in [-0.4, -0.2) is 33.3 Å². The minimum atomic E-state index is 0.398. The molecule has 0 amide bonds. The van der Waals surface area contributed by atoms with E-state index in [-0.39, 0.29) is 0 Å². The van der Waals surface area contributed by atoms with E-state index in [0.29, 0.717) is 11.4 Å². The zero-order valence-corrected chi connectivity index (χ0v) is 16.9. The Labute approximate surface area is 167 Å². The normalized spacial score (nSPS) is 21.3. The van der Waals surface area contributed by atoms with Crippen molar-refractivity contribution in [3.63, 3.8) is 0 Å². The van der Waals surface area contributed by atoms with Crippen molar-refractivity contribution in [1.29, 1.82) is 0 Å². The Balaban J connectivity index is 1.26. The van der Waals surface area contributed by atoms with Crippen LogP contribution < -0.4 is 5.32 Å². The third-order valence-corrected chi connectivity index (χ3v) is 7.59. The molecule has 2 aliphatic heterocycles. The Morgan fingerprint density at radius 2 is 2.30 bits per heavy atom. The Bertz CT molecular complexity index is 982. The van der Waals surface area contributed by atoms with E-state index in [2.05, 4.69) is 51.4 Å². The van der Waals surface area contributed by atoms with Gasteiger partial charge in [-0.25, -0.2) is 4.98 Å². The van der Waals surface area contributed by atoms with E-state index >= 15 is 0 Å². The van der Waals surface area contributed by atoms with Crippen LogP contribution in [0.4, 0.5) is 0 Å². The smallest absolute Gasteiger partial charge is 0.0815 e. The summed E-state index contributed by atoms with van der Waals surface area (Å²) >= 11 is 3.71. The van der Waals surface area contributed by atoms with Crippen LogP contribution in [-0.2, 0) is 6.42 Å². The van der Waals surface area contributed by atoms with Gasteiger partial charge in [0.25, 0.3) is 0 Å². The summed E-state index contributed by atoms with van der Waals surface area (Å²) in [4.78, 5) is 12.8. The number of hydrogen-bond donors (Lipinski definition) is 1. The lowest BCUT2D eigenvalue weighted by Gasteiger charge is -2.33. The van der Waals surface area contributed by atoms with Crippen molar-refractivity contribution in [2.75, 3.05) is 13.1 Å². The molecule has 5 rings (SSSR count). The molecule has 0 saturated heterocycles. The molecule has 3 aromatic rings. The van der Waals surface area contributed by atoms with Crippen LogP contribution in [0.2, 0.25) is 0 Å². The number of hydrogen-bond acceptors (Lipinski definition) is 6. The molecule has 1 aromatic carbocycles. The van der Waals surface area contributed by atoms with Gasteiger partial charge < -0.3 is 5.32 Å². The topological polar surface area (TPSA) is 41.1 Å². The second-order valence-electron chi connectivity index (χ2n) is 7.19. The molecule has 4 heterocycles. The summed E-state index contributed by atoms with van der Waals surface area (Å²) in [5, 5.41) is 4.20. The van der Waals surface area contributed by atoms with Crippen molar-refractivity contribution in [3.8, 4) is 0 Å². The number of rotatable bonds is 4. The highest BCUT2D eigenvalue weighted by molar-refractivity contribution is 8.03. The van der Waals surface area contributed by atoms with Crippen LogP contribution in [0.5, 0.6) is 0 Å². The van der Waals surface area contributed by atoms with Crippen molar-refractivity contribution >= 4 is 33.3 Å². The predicted molar refractivity (Wildman–Crippen MR) is 114 cm³/mol. The van der Waals surface area contributed by atoms with E-state index < -0.39 is 0 Å². The molecule has 2 aliphatic rings. The predicted octanol–water partition coefficient (Wildman–Crippen LogP) is 4.57. The lowest BCUT2D eigenvalue weighted by molar-refractivity contribution is 0.219. The molecule has 2 unspecified atom stereocenters. The van der Waals surface area contributed by atoms with Crippen molar-refractivity contribution in [2.24, 2.45) is 0 Å². The van der Waals surface area contributed by atoms with E-state index in [9.17, 15) is 0 Å². The maximum Gasteiger partial charge on any atom is 0.0815 e. The van der Waals surface area contributed by atoms with Gasteiger partial charge in [-0.2, -0.15) is 0 Å². The monoisotopic (exact) mass is 394 g/mol. The number of nitrogens with zero attached hydrogens (tertiary/aromatic N) is 3. The molecule has 0 spiro atoms. The zero-order chi connectivity index (χ0) is 18.2. The fraction of sp³-hybridized carbons (Fsp3) is 0.333. The Kier molecular flexibility index (Phi) is 4.63. The van der Waals surface area contributed by atoms with Crippen molar-refractivity contribution < 1.29 is 0 Å². The SMILES string of the molecule is CC(c1ccc2scnc2c1)N1CCC2=C(C1)NC(Cc1cccnc1)S2. The maximum atomic E-state index is 4.48.